The molecule has 3 aromatic rings. The highest BCUT2D eigenvalue weighted by Crippen LogP contribution is 2.50. The summed E-state index contributed by atoms with van der Waals surface area (Å²) in [6, 6.07) is 24.0. The van der Waals surface area contributed by atoms with Crippen LogP contribution in [0.15, 0.2) is 72.8 Å². The molecule has 1 fully saturated rings. The number of aryl methyl sites for hydroxylation is 1. The summed E-state index contributed by atoms with van der Waals surface area (Å²) < 4.78 is 44.3. The van der Waals surface area contributed by atoms with Crippen molar-refractivity contribution in [3.8, 4) is 0 Å². The number of carbonyl (C=O) groups excluding carboxylic acids is 12. The predicted octanol–water partition coefficient (Wildman–Crippen LogP) is 9.73. The first-order valence-electron chi connectivity index (χ1n) is 49.6. The highest BCUT2D eigenvalue weighted by Gasteiger charge is 2.36. The van der Waals surface area contributed by atoms with E-state index in [4.69, 9.17) is 37.9 Å². The topological polar surface area (TPSA) is 433 Å². The quantitative estimate of drug-likeness (QED) is 0.00856. The maximum absolute atomic E-state index is 14.4. The zero-order valence-corrected chi connectivity index (χ0v) is 84.5. The van der Waals surface area contributed by atoms with Crippen molar-refractivity contribution in [3.63, 3.8) is 0 Å². The maximum atomic E-state index is 14.4. The highest BCUT2D eigenvalue weighted by molar-refractivity contribution is 14.1. The number of halogens is 1. The Morgan fingerprint density at radius 1 is 0.467 bits per heavy atom. The number of anilines is 1. The van der Waals surface area contributed by atoms with Crippen molar-refractivity contribution < 1.29 is 116 Å². The standard InChI is InChI=1S/C102H157IN10O24/c1-8-22-75(2)69-102(128,129)137-59-20-24-76(3)107-93(119)44-38-81(101(126)127)68-85(115)28-10-9-16-47-105-92(118)43-37-80(100(125)108-77(4)23-15-17-48-104-91(117)33-18-25-78-34-39-83(103)40-35-78)67-86(116)46-60-134-62-64-136-66-65-135-63-61-133-58-21-29-84(114)41-45-95(121)113-70-82-26-11-12-30-87(82)99-79(36-42-89(99)88-31-13-14-32-90(88)113)27-19-49-106-94(120)71-109-50-52-110(72-96(122)130-5)54-56-112(74-98(124)132-7)57-55-111(53-51-109)73-97(123)131-6/h11-14,26,30-32,34-35,39-40,75-77,79-81,128-129H,8-10,15-25,27-29,33,36-38,41-74H2,1-7H3,(H,104,117)(H,105,118)(H,106,120)(H,107,119)(H,108,125)(H,126,127)/t75?,76?,77?,79?,80?,81-/m1/s1. The van der Waals surface area contributed by atoms with Gasteiger partial charge in [-0.2, -0.15) is 0 Å². The molecular weight excluding hydrogens is 1880 g/mol. The monoisotopic (exact) mass is 2030 g/mol. The van der Waals surface area contributed by atoms with Crippen LogP contribution in [0.3, 0.4) is 0 Å². The van der Waals surface area contributed by atoms with E-state index in [0.29, 0.717) is 163 Å². The fourth-order valence-corrected chi connectivity index (χ4v) is 17.7. The average molecular weight is 2030 g/mol. The number of benzene rings is 3. The van der Waals surface area contributed by atoms with Crippen LogP contribution in [0.2, 0.25) is 0 Å². The van der Waals surface area contributed by atoms with Crippen LogP contribution < -0.4 is 31.5 Å². The molecule has 6 rings (SSSR count). The Kier molecular flexibility index (Phi) is 57.9. The smallest absolute Gasteiger partial charge is 0.319 e. The van der Waals surface area contributed by atoms with E-state index in [9.17, 15) is 77.6 Å². The Morgan fingerprint density at radius 3 is 1.59 bits per heavy atom. The van der Waals surface area contributed by atoms with Crippen LogP contribution in [-0.2, 0) is 113 Å². The number of carboxylic acids is 1. The predicted molar refractivity (Wildman–Crippen MR) is 528 cm³/mol. The molecule has 137 heavy (non-hydrogen) atoms. The van der Waals surface area contributed by atoms with Crippen molar-refractivity contribution in [1.82, 2.24) is 46.2 Å². The molecule has 6 atom stereocenters. The number of fused-ring (bicyclic) bond motifs is 4. The minimum absolute atomic E-state index is 0.00462. The lowest BCUT2D eigenvalue weighted by Gasteiger charge is -2.33. The van der Waals surface area contributed by atoms with Crippen LogP contribution in [0.1, 0.15) is 236 Å². The number of esters is 3. The lowest BCUT2D eigenvalue weighted by Crippen LogP contribution is -2.50. The van der Waals surface area contributed by atoms with E-state index in [2.05, 4.69) is 91.6 Å². The summed E-state index contributed by atoms with van der Waals surface area (Å²) in [5.74, 6) is -7.86. The van der Waals surface area contributed by atoms with Gasteiger partial charge < -0.3 is 84.7 Å². The average Bonchev–Trinajstić information content (AvgIpc) is 1.65. The molecule has 2 heterocycles. The van der Waals surface area contributed by atoms with Gasteiger partial charge in [0.2, 0.25) is 35.4 Å². The van der Waals surface area contributed by atoms with Crippen LogP contribution in [-0.4, -0.2) is 309 Å². The van der Waals surface area contributed by atoms with E-state index in [0.717, 1.165) is 83.7 Å². The van der Waals surface area contributed by atoms with Crippen LogP contribution in [0.5, 0.6) is 0 Å². The second-order valence-corrected chi connectivity index (χ2v) is 37.7. The molecule has 6 amide bonds. The Bertz CT molecular complexity index is 4180. The Balaban J connectivity index is 0.849. The number of aliphatic carboxylic acids is 1. The number of amides is 6. The Hall–Kier alpha value is -8.60. The van der Waals surface area contributed by atoms with Gasteiger partial charge in [-0.25, -0.2) is 0 Å². The van der Waals surface area contributed by atoms with E-state index in [-0.39, 0.29) is 213 Å². The molecule has 1 saturated heterocycles. The first-order valence-corrected chi connectivity index (χ1v) is 50.7. The Morgan fingerprint density at radius 2 is 0.978 bits per heavy atom. The number of methoxy groups -OCH3 is 3. The number of hydrogen-bond acceptors (Lipinski definition) is 27. The molecule has 766 valence electrons. The van der Waals surface area contributed by atoms with E-state index >= 15 is 0 Å². The van der Waals surface area contributed by atoms with Crippen LogP contribution in [0.4, 0.5) is 5.69 Å². The van der Waals surface area contributed by atoms with Gasteiger partial charge in [-0.3, -0.25) is 81.9 Å². The molecule has 34 nitrogen and oxygen atoms in total. The van der Waals surface area contributed by atoms with Crippen molar-refractivity contribution in [2.75, 3.05) is 184 Å². The lowest BCUT2D eigenvalue weighted by molar-refractivity contribution is -0.345. The number of allylic oxidation sites excluding steroid dienone is 2. The zero-order chi connectivity index (χ0) is 99.5. The third kappa shape index (κ3) is 49.4. The van der Waals surface area contributed by atoms with Gasteiger partial charge in [0.05, 0.1) is 119 Å². The van der Waals surface area contributed by atoms with Gasteiger partial charge in [0.25, 0.3) is 5.97 Å². The van der Waals surface area contributed by atoms with Gasteiger partial charge in [0.15, 0.2) is 0 Å². The summed E-state index contributed by atoms with van der Waals surface area (Å²) >= 11 is 2.26. The number of hydrogen-bond donors (Lipinski definition) is 8. The van der Waals surface area contributed by atoms with Gasteiger partial charge in [-0.1, -0.05) is 87.7 Å². The minimum atomic E-state index is -2.22. The van der Waals surface area contributed by atoms with Crippen molar-refractivity contribution in [2.24, 2.45) is 23.7 Å². The summed E-state index contributed by atoms with van der Waals surface area (Å²) in [4.78, 5) is 179. The molecular formula is C102H157IN10O24. The van der Waals surface area contributed by atoms with Gasteiger partial charge in [0, 0.05) is 176 Å². The molecule has 3 aliphatic rings. The fraction of sp³-hybridized carbons (Fsp3) is 0.676. The number of carbonyl (C=O) groups is 13. The summed E-state index contributed by atoms with van der Waals surface area (Å²) in [5, 5.41) is 45.1. The second kappa shape index (κ2) is 67.7. The fourth-order valence-electron chi connectivity index (χ4n) is 17.3. The van der Waals surface area contributed by atoms with Crippen LogP contribution in [0, 0.1) is 27.2 Å². The van der Waals surface area contributed by atoms with Gasteiger partial charge >= 0.3 is 23.9 Å². The molecule has 5 unspecified atom stereocenters. The summed E-state index contributed by atoms with van der Waals surface area (Å²) in [6.07, 6.45) is 12.5. The molecule has 0 aromatic heterocycles. The number of nitrogens with one attached hydrogen (secondary N) is 5. The number of rotatable bonds is 69. The first kappa shape index (κ1) is 117. The second-order valence-electron chi connectivity index (χ2n) is 36.4. The molecule has 0 bridgehead atoms. The van der Waals surface area contributed by atoms with Gasteiger partial charge in [0.1, 0.15) is 17.3 Å². The third-order valence-corrected chi connectivity index (χ3v) is 25.8. The van der Waals surface area contributed by atoms with E-state index in [1.807, 2.05) is 75.6 Å². The molecule has 2 aliphatic heterocycles. The van der Waals surface area contributed by atoms with Crippen molar-refractivity contribution in [2.45, 2.75) is 245 Å². The van der Waals surface area contributed by atoms with E-state index in [1.165, 1.54) is 38.0 Å². The number of nitrogens with zero attached hydrogens (tertiary/aromatic N) is 5. The van der Waals surface area contributed by atoms with Crippen molar-refractivity contribution in [1.29, 1.82) is 0 Å². The summed E-state index contributed by atoms with van der Waals surface area (Å²) in [5.41, 5.74) is 7.57. The molecule has 0 saturated carbocycles. The molecule has 35 heteroatoms. The molecule has 0 spiro atoms. The molecule has 8 N–H and O–H groups in total. The van der Waals surface area contributed by atoms with Crippen molar-refractivity contribution >= 4 is 116 Å². The molecule has 1 aliphatic carbocycles. The van der Waals surface area contributed by atoms with E-state index < -0.39 is 41.7 Å². The number of para-hydroxylation sites is 1. The van der Waals surface area contributed by atoms with E-state index in [1.54, 1.807) is 6.92 Å². The SMILES string of the molecule is CCCC(C)CC(O)(O)OCCCC(C)NC(=O)CC[C@H](CC(=O)CCCCCNC(=O)CCC(CC(=O)CCOCCOCCOCCOCCCC(=O)CCC(=O)N1Cc2ccccc2C2=C(CCC2CCCNC(=O)CN2CCN(CC(=O)OC)CCN(CC(=O)OC)CCN(CC(=O)OC)CC2)c2ccccc21)C(=O)NC(C)CCCCNC(=O)CCCc1ccc(I)cc1)C(=O)O. The van der Waals surface area contributed by atoms with Gasteiger partial charge in [-0.15, -0.1) is 0 Å². The van der Waals surface area contributed by atoms with Crippen LogP contribution >= 0.6 is 22.6 Å². The lowest BCUT2D eigenvalue weighted by atomic mass is 9.85. The largest absolute Gasteiger partial charge is 0.481 e. The van der Waals surface area contributed by atoms with Crippen molar-refractivity contribution in [3.05, 3.63) is 98.6 Å². The zero-order valence-electron chi connectivity index (χ0n) is 82.3. The molecule has 0 radical (unpaired) electrons. The number of aliphatic hydroxyl groups is 2. The number of unbranched alkanes of at least 4 members (excludes halogenated alkanes) is 3. The Labute approximate surface area is 824 Å². The number of ketones is 3. The normalized spacial score (nSPS) is 15.8. The van der Waals surface area contributed by atoms with Crippen LogP contribution in [0.25, 0.3) is 11.1 Å². The molecule has 3 aromatic carbocycles. The maximum Gasteiger partial charge on any atom is 0.319 e. The third-order valence-electron chi connectivity index (χ3n) is 25.1. The first-order chi connectivity index (χ1) is 65.9. The number of Topliss-reactive ketones (excluding diaryl/α,β-unsaturated/α-hetero) is 3. The number of ether oxygens (including phenoxy) is 8. The van der Waals surface area contributed by atoms with Gasteiger partial charge in [-0.05, 0) is 197 Å². The number of carboxylic acid groups (broad SMARTS) is 1. The highest BCUT2D eigenvalue weighted by atomic mass is 127. The minimum Gasteiger partial charge on any atom is -0.481 e. The summed E-state index contributed by atoms with van der Waals surface area (Å²) in [7, 11) is 4.01. The summed E-state index contributed by atoms with van der Waals surface area (Å²) in [6.45, 7) is 15.2.